The molecular weight excluding hydrogens is 674 g/mol. The predicted octanol–water partition coefficient (Wildman–Crippen LogP) is 9.50. The Labute approximate surface area is 323 Å². The minimum atomic E-state index is -0.375. The molecule has 1 N–H and O–H groups in total. The van der Waals surface area contributed by atoms with Crippen LogP contribution in [0, 0.1) is 17.8 Å². The molecule has 10 heteroatoms. The highest BCUT2D eigenvalue weighted by molar-refractivity contribution is 5.73. The molecule has 0 aliphatic rings. The Kier molecular flexibility index (Phi) is 34.8. The van der Waals surface area contributed by atoms with Crippen LogP contribution in [0.25, 0.3) is 0 Å². The van der Waals surface area contributed by atoms with Gasteiger partial charge < -0.3 is 29.0 Å². The van der Waals surface area contributed by atoms with Crippen LogP contribution in [-0.2, 0) is 38.1 Å². The molecule has 0 aliphatic heterocycles. The third kappa shape index (κ3) is 29.6. The quantitative estimate of drug-likeness (QED) is 0.0284. The largest absolute Gasteiger partial charge is 0.465 e. The Morgan fingerprint density at radius 2 is 1.15 bits per heavy atom. The summed E-state index contributed by atoms with van der Waals surface area (Å²) in [5.74, 6) is -1.38. The van der Waals surface area contributed by atoms with Gasteiger partial charge in [0.1, 0.15) is 0 Å². The first-order chi connectivity index (χ1) is 25.8. The fourth-order valence-electron chi connectivity index (χ4n) is 6.20. The van der Waals surface area contributed by atoms with Gasteiger partial charge in [-0.05, 0) is 64.0 Å². The van der Waals surface area contributed by atoms with Gasteiger partial charge in [-0.15, -0.1) is 0 Å². The molecule has 3 unspecified atom stereocenters. The molecule has 0 spiro atoms. The van der Waals surface area contributed by atoms with E-state index in [2.05, 4.69) is 32.6 Å². The average molecular weight is 754 g/mol. The van der Waals surface area contributed by atoms with Crippen molar-refractivity contribution in [1.29, 1.82) is 0 Å². The lowest BCUT2D eigenvalue weighted by molar-refractivity contribution is -0.149. The van der Waals surface area contributed by atoms with Crippen LogP contribution in [0.4, 0.5) is 0 Å². The lowest BCUT2D eigenvalue weighted by atomic mass is 9.95. The van der Waals surface area contributed by atoms with Gasteiger partial charge in [-0.2, -0.15) is 0 Å². The maximum Gasteiger partial charge on any atom is 0.313 e. The van der Waals surface area contributed by atoms with E-state index in [4.69, 9.17) is 18.9 Å². The molecule has 0 fully saturated rings. The minimum absolute atomic E-state index is 0.0398. The predicted molar refractivity (Wildman–Crippen MR) is 212 cm³/mol. The summed E-state index contributed by atoms with van der Waals surface area (Å²) in [5.41, 5.74) is 0. The van der Waals surface area contributed by atoms with E-state index in [1.807, 2.05) is 6.92 Å². The van der Waals surface area contributed by atoms with E-state index in [0.717, 1.165) is 90.0 Å². The van der Waals surface area contributed by atoms with E-state index in [-0.39, 0.29) is 74.3 Å². The van der Waals surface area contributed by atoms with Crippen molar-refractivity contribution in [1.82, 2.24) is 4.90 Å². The van der Waals surface area contributed by atoms with E-state index in [0.29, 0.717) is 45.4 Å². The molecule has 10 nitrogen and oxygen atoms in total. The van der Waals surface area contributed by atoms with Crippen molar-refractivity contribution < 1.29 is 43.2 Å². The van der Waals surface area contributed by atoms with Crippen molar-refractivity contribution in [3.63, 3.8) is 0 Å². The third-order valence-corrected chi connectivity index (χ3v) is 9.66. The number of ether oxygens (including phenoxy) is 4. The molecule has 0 saturated carbocycles. The van der Waals surface area contributed by atoms with Crippen molar-refractivity contribution >= 4 is 23.9 Å². The number of rotatable bonds is 37. The number of hydrogen-bond acceptors (Lipinski definition) is 10. The van der Waals surface area contributed by atoms with Crippen molar-refractivity contribution in [2.24, 2.45) is 17.8 Å². The van der Waals surface area contributed by atoms with Crippen LogP contribution in [-0.4, -0.2) is 79.9 Å². The number of unbranched alkanes of at least 4 members (excludes halogenated alkanes) is 9. The molecule has 0 aromatic carbocycles. The maximum absolute atomic E-state index is 12.7. The number of nitrogens with zero attached hydrogens (tertiary/aromatic N) is 1. The van der Waals surface area contributed by atoms with Gasteiger partial charge >= 0.3 is 23.9 Å². The van der Waals surface area contributed by atoms with Gasteiger partial charge in [-0.1, -0.05) is 112 Å². The molecule has 0 aliphatic carbocycles. The minimum Gasteiger partial charge on any atom is -0.465 e. The van der Waals surface area contributed by atoms with Gasteiger partial charge in [0.25, 0.3) is 0 Å². The molecule has 3 atom stereocenters. The number of aliphatic hydroxyl groups excluding tert-OH is 1. The Balaban J connectivity index is 4.75. The molecular formula is C43H79NO9. The smallest absolute Gasteiger partial charge is 0.313 e. The van der Waals surface area contributed by atoms with Crippen LogP contribution in [0.3, 0.4) is 0 Å². The Bertz CT molecular complexity index is 941. The summed E-state index contributed by atoms with van der Waals surface area (Å²) in [6, 6.07) is 0. The fraction of sp³-hybridized carbons (Fsp3) is 0.860. The van der Waals surface area contributed by atoms with Gasteiger partial charge in [-0.25, -0.2) is 0 Å². The van der Waals surface area contributed by atoms with Gasteiger partial charge in [0, 0.05) is 38.5 Å². The lowest BCUT2D eigenvalue weighted by Gasteiger charge is -2.26. The summed E-state index contributed by atoms with van der Waals surface area (Å²) in [6.45, 7) is 13.2. The van der Waals surface area contributed by atoms with Crippen molar-refractivity contribution in [3.05, 3.63) is 12.3 Å². The molecule has 310 valence electrons. The van der Waals surface area contributed by atoms with Gasteiger partial charge in [0.2, 0.25) is 0 Å². The van der Waals surface area contributed by atoms with Crippen LogP contribution in [0.5, 0.6) is 0 Å². The molecule has 0 aromatic rings. The van der Waals surface area contributed by atoms with E-state index in [1.54, 1.807) is 6.08 Å². The second-order valence-corrected chi connectivity index (χ2v) is 14.6. The van der Waals surface area contributed by atoms with E-state index in [1.165, 1.54) is 25.5 Å². The molecule has 0 aromatic heterocycles. The Hall–Kier alpha value is -2.46. The van der Waals surface area contributed by atoms with Crippen molar-refractivity contribution in [3.8, 4) is 0 Å². The summed E-state index contributed by atoms with van der Waals surface area (Å²) in [4.78, 5) is 52.7. The van der Waals surface area contributed by atoms with E-state index >= 15 is 0 Å². The van der Waals surface area contributed by atoms with Crippen LogP contribution in [0.2, 0.25) is 0 Å². The first kappa shape index (κ1) is 50.5. The van der Waals surface area contributed by atoms with Crippen molar-refractivity contribution in [2.45, 2.75) is 176 Å². The highest BCUT2D eigenvalue weighted by Gasteiger charge is 2.21. The number of carbonyl (C=O) groups is 4. The second kappa shape index (κ2) is 36.5. The van der Waals surface area contributed by atoms with Crippen molar-refractivity contribution in [2.75, 3.05) is 46.1 Å². The highest BCUT2D eigenvalue weighted by Crippen LogP contribution is 2.21. The van der Waals surface area contributed by atoms with Crippen LogP contribution in [0.1, 0.15) is 176 Å². The SMILES string of the molecule is CCCCCCC(CCCC)C(=O)OC=CCCC(=O)OCC(COC(=O)CCCCOC(=O)C(CCCC)CCCCCC)CN(CC)CCCO. The van der Waals surface area contributed by atoms with Gasteiger partial charge in [-0.3, -0.25) is 19.2 Å². The number of esters is 4. The molecule has 0 rings (SSSR count). The van der Waals surface area contributed by atoms with Gasteiger partial charge in [0.05, 0.1) is 37.9 Å². The molecule has 0 saturated heterocycles. The molecule has 0 radical (unpaired) electrons. The zero-order valence-corrected chi connectivity index (χ0v) is 34.6. The molecule has 0 amide bonds. The molecule has 0 heterocycles. The first-order valence-electron chi connectivity index (χ1n) is 21.4. The Morgan fingerprint density at radius 3 is 1.70 bits per heavy atom. The second-order valence-electron chi connectivity index (χ2n) is 14.6. The normalized spacial score (nSPS) is 13.2. The maximum atomic E-state index is 12.7. The summed E-state index contributed by atoms with van der Waals surface area (Å²) >= 11 is 0. The number of aliphatic hydroxyl groups is 1. The molecule has 0 bridgehead atoms. The standard InChI is InChI=1S/C43H79NO9/c1-6-11-15-17-26-38(24-13-8-3)42(48)50-32-21-19-28-40(46)52-35-37(34-44(10-5)30-23-31-45)36-53-41(47)29-20-22-33-51-43(49)39(25-14-9-4)27-18-16-12-7-2/h21,32,37-39,45H,6-20,22-31,33-36H2,1-5H3. The first-order valence-corrected chi connectivity index (χ1v) is 21.4. The third-order valence-electron chi connectivity index (χ3n) is 9.66. The summed E-state index contributed by atoms with van der Waals surface area (Å²) in [6.07, 6.45) is 22.2. The van der Waals surface area contributed by atoms with Crippen LogP contribution in [0.15, 0.2) is 12.3 Å². The van der Waals surface area contributed by atoms with Crippen LogP contribution < -0.4 is 0 Å². The van der Waals surface area contributed by atoms with Crippen LogP contribution >= 0.6 is 0 Å². The average Bonchev–Trinajstić information content (AvgIpc) is 3.16. The summed E-state index contributed by atoms with van der Waals surface area (Å²) < 4.78 is 22.2. The fourth-order valence-corrected chi connectivity index (χ4v) is 6.20. The number of hydrogen-bond donors (Lipinski definition) is 1. The lowest BCUT2D eigenvalue weighted by Crippen LogP contribution is -2.35. The number of allylic oxidation sites excluding steroid dienone is 1. The summed E-state index contributed by atoms with van der Waals surface area (Å²) in [7, 11) is 0. The topological polar surface area (TPSA) is 129 Å². The molecule has 53 heavy (non-hydrogen) atoms. The van der Waals surface area contributed by atoms with E-state index in [9.17, 15) is 24.3 Å². The Morgan fingerprint density at radius 1 is 0.604 bits per heavy atom. The summed E-state index contributed by atoms with van der Waals surface area (Å²) in [5, 5.41) is 9.30. The zero-order chi connectivity index (χ0) is 39.4. The highest BCUT2D eigenvalue weighted by atomic mass is 16.5. The monoisotopic (exact) mass is 754 g/mol. The van der Waals surface area contributed by atoms with Gasteiger partial charge in [0.15, 0.2) is 0 Å². The number of carbonyl (C=O) groups excluding carboxylic acids is 4. The van der Waals surface area contributed by atoms with E-state index < -0.39 is 0 Å². The zero-order valence-electron chi connectivity index (χ0n) is 34.6.